The van der Waals surface area contributed by atoms with Gasteiger partial charge in [0, 0.05) is 5.56 Å². The summed E-state index contributed by atoms with van der Waals surface area (Å²) in [4.78, 5) is 18.3. The maximum atomic E-state index is 11.1. The van der Waals surface area contributed by atoms with Gasteiger partial charge in [-0.05, 0) is 18.2 Å². The highest BCUT2D eigenvalue weighted by Gasteiger charge is 2.08. The summed E-state index contributed by atoms with van der Waals surface area (Å²) in [7, 11) is 0. The lowest BCUT2D eigenvalue weighted by Gasteiger charge is -1.96. The lowest BCUT2D eigenvalue weighted by molar-refractivity contribution is -0.120. The first-order valence-corrected chi connectivity index (χ1v) is 4.92. The molecule has 0 aliphatic heterocycles. The van der Waals surface area contributed by atoms with Gasteiger partial charge in [-0.25, -0.2) is 10.8 Å². The molecule has 0 aliphatic rings. The fraction of sp³-hybridized carbons (Fsp3) is 0.100. The van der Waals surface area contributed by atoms with Gasteiger partial charge in [0.05, 0.1) is 17.5 Å². The second kappa shape index (κ2) is 4.22. The largest absolute Gasteiger partial charge is 0.384 e. The predicted octanol–water partition coefficient (Wildman–Crippen LogP) is -0.621. The number of carbonyl (C=O) groups is 1. The summed E-state index contributed by atoms with van der Waals surface area (Å²) in [5, 5.41) is 7.32. The Hall–Kier alpha value is -2.41. The second-order valence-electron chi connectivity index (χ2n) is 3.57. The van der Waals surface area contributed by atoms with E-state index in [1.165, 1.54) is 0 Å². The Morgan fingerprint density at radius 2 is 2.29 bits per heavy atom. The first-order valence-electron chi connectivity index (χ1n) is 4.92. The van der Waals surface area contributed by atoms with Gasteiger partial charge in [-0.15, -0.1) is 0 Å². The quantitative estimate of drug-likeness (QED) is 0.158. The van der Waals surface area contributed by atoms with Gasteiger partial charge in [-0.1, -0.05) is 0 Å². The van der Waals surface area contributed by atoms with E-state index >= 15 is 0 Å². The number of nitrogens with two attached hydrogens (primary N) is 2. The van der Waals surface area contributed by atoms with Gasteiger partial charge in [0.25, 0.3) is 0 Å². The maximum Gasteiger partial charge on any atom is 0.241 e. The third kappa shape index (κ3) is 2.23. The number of aromatic nitrogens is 2. The average Bonchev–Trinajstić information content (AvgIpc) is 2.69. The fourth-order valence-electron chi connectivity index (χ4n) is 1.52. The molecule has 0 radical (unpaired) electrons. The van der Waals surface area contributed by atoms with Gasteiger partial charge in [0.2, 0.25) is 5.91 Å². The number of fused-ring (bicyclic) bond motifs is 1. The highest BCUT2D eigenvalue weighted by atomic mass is 16.2. The van der Waals surface area contributed by atoms with E-state index < -0.39 is 0 Å². The van der Waals surface area contributed by atoms with Crippen LogP contribution in [0.1, 0.15) is 11.4 Å². The van der Waals surface area contributed by atoms with Crippen molar-refractivity contribution < 1.29 is 4.79 Å². The molecule has 2 aromatic rings. The van der Waals surface area contributed by atoms with Gasteiger partial charge in [0.15, 0.2) is 0 Å². The van der Waals surface area contributed by atoms with Gasteiger partial charge >= 0.3 is 0 Å². The third-order valence-electron chi connectivity index (χ3n) is 2.33. The molecular formula is C10H12N6O. The average molecular weight is 232 g/mol. The number of nitrogen functional groups attached to an aromatic ring is 1. The van der Waals surface area contributed by atoms with Crippen LogP contribution in [-0.2, 0) is 11.2 Å². The van der Waals surface area contributed by atoms with Crippen molar-refractivity contribution in [1.29, 1.82) is 5.41 Å². The highest BCUT2D eigenvalue weighted by molar-refractivity contribution is 5.98. The van der Waals surface area contributed by atoms with Crippen LogP contribution >= 0.6 is 0 Å². The smallest absolute Gasteiger partial charge is 0.241 e. The number of carbonyl (C=O) groups excluding carboxylic acids is 1. The van der Waals surface area contributed by atoms with Crippen LogP contribution in [-0.4, -0.2) is 21.7 Å². The first-order chi connectivity index (χ1) is 8.10. The van der Waals surface area contributed by atoms with Gasteiger partial charge in [-0.2, -0.15) is 0 Å². The van der Waals surface area contributed by atoms with Crippen molar-refractivity contribution in [3.05, 3.63) is 29.6 Å². The second-order valence-corrected chi connectivity index (χ2v) is 3.57. The van der Waals surface area contributed by atoms with Crippen molar-refractivity contribution in [3.63, 3.8) is 0 Å². The topological polar surface area (TPSA) is 134 Å². The van der Waals surface area contributed by atoms with E-state index in [0.717, 1.165) is 11.0 Å². The molecule has 0 unspecified atom stereocenters. The van der Waals surface area contributed by atoms with Crippen molar-refractivity contribution in [2.24, 2.45) is 11.6 Å². The summed E-state index contributed by atoms with van der Waals surface area (Å²) in [5.74, 6) is 5.17. The Labute approximate surface area is 96.7 Å². The molecule has 1 aromatic heterocycles. The molecule has 0 fully saturated rings. The number of nitrogens with one attached hydrogen (secondary N) is 3. The zero-order valence-corrected chi connectivity index (χ0v) is 8.95. The van der Waals surface area contributed by atoms with Crippen molar-refractivity contribution in [1.82, 2.24) is 15.4 Å². The molecule has 1 amide bonds. The Kier molecular flexibility index (Phi) is 2.75. The molecule has 0 aliphatic carbocycles. The monoisotopic (exact) mass is 232 g/mol. The van der Waals surface area contributed by atoms with E-state index in [1.807, 2.05) is 5.43 Å². The Bertz CT molecular complexity index is 587. The lowest BCUT2D eigenvalue weighted by Crippen LogP contribution is -2.31. The van der Waals surface area contributed by atoms with E-state index in [1.54, 1.807) is 18.2 Å². The summed E-state index contributed by atoms with van der Waals surface area (Å²) >= 11 is 0. The van der Waals surface area contributed by atoms with Crippen LogP contribution in [0.4, 0.5) is 0 Å². The third-order valence-corrected chi connectivity index (χ3v) is 2.33. The molecule has 88 valence electrons. The predicted molar refractivity (Wildman–Crippen MR) is 63.1 cm³/mol. The number of rotatable bonds is 3. The summed E-state index contributed by atoms with van der Waals surface area (Å²) in [6.07, 6.45) is 0.0839. The molecule has 7 heteroatoms. The van der Waals surface area contributed by atoms with Crippen LogP contribution in [0.3, 0.4) is 0 Å². The molecule has 2 rings (SSSR count). The van der Waals surface area contributed by atoms with Crippen LogP contribution in [0.15, 0.2) is 18.2 Å². The first kappa shape index (κ1) is 11.1. The van der Waals surface area contributed by atoms with Crippen LogP contribution in [0.25, 0.3) is 11.0 Å². The molecule has 1 heterocycles. The van der Waals surface area contributed by atoms with Gasteiger partial charge in [0.1, 0.15) is 11.7 Å². The number of hydrogen-bond acceptors (Lipinski definition) is 4. The van der Waals surface area contributed by atoms with Gasteiger partial charge in [-0.3, -0.25) is 15.6 Å². The normalized spacial score (nSPS) is 10.4. The Morgan fingerprint density at radius 1 is 1.53 bits per heavy atom. The molecule has 7 nitrogen and oxygen atoms in total. The van der Waals surface area contributed by atoms with E-state index in [4.69, 9.17) is 17.0 Å². The number of amidine groups is 1. The SMILES string of the molecule is N=C(N)c1ccc2nc(CC(=O)NN)[nH]c2c1. The van der Waals surface area contributed by atoms with Crippen LogP contribution in [0, 0.1) is 5.41 Å². The number of hydrogen-bond donors (Lipinski definition) is 5. The lowest BCUT2D eigenvalue weighted by atomic mass is 10.2. The zero-order chi connectivity index (χ0) is 12.4. The Morgan fingerprint density at radius 3 is 2.94 bits per heavy atom. The molecule has 0 bridgehead atoms. The van der Waals surface area contributed by atoms with E-state index in [0.29, 0.717) is 11.4 Å². The number of imidazole rings is 1. The highest BCUT2D eigenvalue weighted by Crippen LogP contribution is 2.13. The van der Waals surface area contributed by atoms with Crippen molar-refractivity contribution in [2.45, 2.75) is 6.42 Å². The summed E-state index contributed by atoms with van der Waals surface area (Å²) < 4.78 is 0. The molecule has 0 atom stereocenters. The van der Waals surface area contributed by atoms with Crippen molar-refractivity contribution >= 4 is 22.8 Å². The minimum atomic E-state index is -0.323. The molecule has 17 heavy (non-hydrogen) atoms. The molecule has 0 saturated heterocycles. The number of H-pyrrole nitrogens is 1. The molecule has 1 aromatic carbocycles. The minimum absolute atomic E-state index is 0.0113. The summed E-state index contributed by atoms with van der Waals surface area (Å²) in [5.41, 5.74) is 9.48. The number of nitrogens with zero attached hydrogens (tertiary/aromatic N) is 1. The number of amides is 1. The van der Waals surface area contributed by atoms with Crippen molar-refractivity contribution in [3.8, 4) is 0 Å². The molecular weight excluding hydrogens is 220 g/mol. The fourth-order valence-corrected chi connectivity index (χ4v) is 1.52. The van der Waals surface area contributed by atoms with E-state index in [2.05, 4.69) is 9.97 Å². The Balaban J connectivity index is 2.37. The molecule has 7 N–H and O–H groups in total. The van der Waals surface area contributed by atoms with Crippen LogP contribution < -0.4 is 17.0 Å². The van der Waals surface area contributed by atoms with Gasteiger partial charge < -0.3 is 10.7 Å². The summed E-state index contributed by atoms with van der Waals surface area (Å²) in [6, 6.07) is 5.17. The van der Waals surface area contributed by atoms with Crippen LogP contribution in [0.2, 0.25) is 0 Å². The minimum Gasteiger partial charge on any atom is -0.384 e. The van der Waals surface area contributed by atoms with Crippen molar-refractivity contribution in [2.75, 3.05) is 0 Å². The zero-order valence-electron chi connectivity index (χ0n) is 8.95. The van der Waals surface area contributed by atoms with E-state index in [-0.39, 0.29) is 18.2 Å². The number of aromatic amines is 1. The maximum absolute atomic E-state index is 11.1. The summed E-state index contributed by atoms with van der Waals surface area (Å²) in [6.45, 7) is 0. The molecule has 0 spiro atoms. The van der Waals surface area contributed by atoms with Crippen LogP contribution in [0.5, 0.6) is 0 Å². The number of hydrazine groups is 1. The van der Waals surface area contributed by atoms with E-state index in [9.17, 15) is 4.79 Å². The number of benzene rings is 1. The standard InChI is InChI=1S/C10H12N6O/c11-10(12)5-1-2-6-7(3-5)15-8(14-6)4-9(17)16-13/h1-3H,4,13H2,(H3,11,12)(H,14,15)(H,16,17). The molecule has 0 saturated carbocycles.